The Balaban J connectivity index is 1.50. The van der Waals surface area contributed by atoms with Gasteiger partial charge in [-0.15, -0.1) is 0 Å². The van der Waals surface area contributed by atoms with Crippen LogP contribution in [0.4, 0.5) is 24.8 Å². The Kier molecular flexibility index (Phi) is 7.08. The smallest absolute Gasteiger partial charge is 0.356 e. The molecule has 4 heterocycles. The first-order chi connectivity index (χ1) is 16.4. The van der Waals surface area contributed by atoms with E-state index < -0.39 is 12.6 Å². The zero-order chi connectivity index (χ0) is 25.4. The van der Waals surface area contributed by atoms with Gasteiger partial charge in [-0.2, -0.15) is 13.2 Å². The van der Waals surface area contributed by atoms with Gasteiger partial charge in [0.2, 0.25) is 5.91 Å². The highest BCUT2D eigenvalue weighted by Gasteiger charge is 2.33. The summed E-state index contributed by atoms with van der Waals surface area (Å²) in [5, 5.41) is 6.24. The molecule has 192 valence electrons. The van der Waals surface area contributed by atoms with Gasteiger partial charge in [0.15, 0.2) is 0 Å². The number of imidazole rings is 1. The van der Waals surface area contributed by atoms with Crippen molar-refractivity contribution < 1.29 is 18.0 Å². The fourth-order valence-corrected chi connectivity index (χ4v) is 4.94. The zero-order valence-corrected chi connectivity index (χ0v) is 20.7. The number of amides is 1. The van der Waals surface area contributed by atoms with Crippen molar-refractivity contribution in [3.63, 3.8) is 0 Å². The molecule has 4 rings (SSSR count). The van der Waals surface area contributed by atoms with Crippen LogP contribution in [0.15, 0.2) is 12.5 Å². The molecule has 1 fully saturated rings. The molecule has 35 heavy (non-hydrogen) atoms. The minimum absolute atomic E-state index is 0.0202. The molecule has 8 nitrogen and oxygen atoms in total. The second-order valence-corrected chi connectivity index (χ2v) is 10.6. The minimum atomic E-state index is -4.29. The molecule has 1 amide bonds. The van der Waals surface area contributed by atoms with Crippen molar-refractivity contribution in [3.8, 4) is 0 Å². The van der Waals surface area contributed by atoms with Crippen LogP contribution >= 0.6 is 0 Å². The number of halogens is 3. The molecule has 1 saturated heterocycles. The summed E-state index contributed by atoms with van der Waals surface area (Å²) < 4.78 is 41.1. The lowest BCUT2D eigenvalue weighted by Crippen LogP contribution is -2.38. The number of carbonyl (C=O) groups is 1. The van der Waals surface area contributed by atoms with Crippen LogP contribution in [0, 0.1) is 0 Å². The van der Waals surface area contributed by atoms with Crippen LogP contribution < -0.4 is 15.5 Å². The summed E-state index contributed by atoms with van der Waals surface area (Å²) in [5.74, 6) is 2.17. The Hall–Kier alpha value is -2.69. The van der Waals surface area contributed by atoms with Gasteiger partial charge < -0.3 is 20.1 Å². The molecule has 0 aromatic carbocycles. The molecule has 1 atom stereocenters. The maximum atomic E-state index is 13.1. The summed E-state index contributed by atoms with van der Waals surface area (Å²) in [4.78, 5) is 27.3. The fourth-order valence-electron chi connectivity index (χ4n) is 4.94. The van der Waals surface area contributed by atoms with Crippen LogP contribution in [-0.4, -0.2) is 56.8 Å². The third-order valence-electron chi connectivity index (χ3n) is 6.51. The molecule has 2 aliphatic heterocycles. The molecular weight excluding hydrogens is 459 g/mol. The zero-order valence-electron chi connectivity index (χ0n) is 20.7. The Bertz CT molecular complexity index is 1050. The van der Waals surface area contributed by atoms with Crippen LogP contribution in [0.3, 0.4) is 0 Å². The van der Waals surface area contributed by atoms with E-state index in [1.165, 1.54) is 6.33 Å². The standard InChI is InChI=1S/C24H34F3N7O/c1-15-11-18(35)32-20-19(15)22(29-14-28-20)33-8-5-16(6-9-33)21-31-17(12-24(25,26)27)13-34(21)10-7-30-23(2,3)4/h13-16,30H,5-12H2,1-4H3,(H,28,29,32,35). The number of carbonyl (C=O) groups excluding carboxylic acids is 1. The van der Waals surface area contributed by atoms with E-state index >= 15 is 0 Å². The molecule has 2 aromatic rings. The Morgan fingerprint density at radius 3 is 2.54 bits per heavy atom. The monoisotopic (exact) mass is 493 g/mol. The van der Waals surface area contributed by atoms with Gasteiger partial charge >= 0.3 is 6.18 Å². The highest BCUT2D eigenvalue weighted by molar-refractivity contribution is 5.94. The Morgan fingerprint density at radius 1 is 1.17 bits per heavy atom. The number of nitrogens with one attached hydrogen (secondary N) is 2. The van der Waals surface area contributed by atoms with E-state index in [2.05, 4.69) is 51.3 Å². The van der Waals surface area contributed by atoms with Gasteiger partial charge in [0.05, 0.1) is 12.1 Å². The molecule has 2 aliphatic rings. The Labute approximate surface area is 203 Å². The minimum Gasteiger partial charge on any atom is -0.356 e. The fraction of sp³-hybridized carbons (Fsp3) is 0.667. The van der Waals surface area contributed by atoms with E-state index in [0.717, 1.165) is 30.0 Å². The number of hydrogen-bond acceptors (Lipinski definition) is 6. The van der Waals surface area contributed by atoms with Gasteiger partial charge in [0.1, 0.15) is 23.8 Å². The summed E-state index contributed by atoms with van der Waals surface area (Å²) in [7, 11) is 0. The van der Waals surface area contributed by atoms with Crippen LogP contribution in [-0.2, 0) is 17.8 Å². The second-order valence-electron chi connectivity index (χ2n) is 10.6. The van der Waals surface area contributed by atoms with Gasteiger partial charge in [0, 0.05) is 55.8 Å². The first kappa shape index (κ1) is 25.4. The number of alkyl halides is 3. The quantitative estimate of drug-likeness (QED) is 0.633. The second kappa shape index (κ2) is 9.75. The molecule has 11 heteroatoms. The molecule has 1 unspecified atom stereocenters. The molecule has 0 aliphatic carbocycles. The highest BCUT2D eigenvalue weighted by Crippen LogP contribution is 2.38. The van der Waals surface area contributed by atoms with Crippen LogP contribution in [0.5, 0.6) is 0 Å². The number of rotatable bonds is 6. The third-order valence-corrected chi connectivity index (χ3v) is 6.51. The normalized spacial score (nSPS) is 19.6. The maximum absolute atomic E-state index is 13.1. The molecule has 0 saturated carbocycles. The van der Waals surface area contributed by atoms with Gasteiger partial charge in [-0.05, 0) is 39.5 Å². The average molecular weight is 494 g/mol. The predicted octanol–water partition coefficient (Wildman–Crippen LogP) is 4.00. The maximum Gasteiger partial charge on any atom is 0.394 e. The molecular formula is C24H34F3N7O. The van der Waals surface area contributed by atoms with E-state index in [0.29, 0.717) is 38.4 Å². The first-order valence-corrected chi connectivity index (χ1v) is 12.2. The SMILES string of the molecule is CC1CC(=O)Nc2ncnc(N3CCC(c4nc(CC(F)(F)F)cn4CCNC(C)(C)C)CC3)c21. The predicted molar refractivity (Wildman–Crippen MR) is 128 cm³/mol. The van der Waals surface area contributed by atoms with Crippen molar-refractivity contribution in [3.05, 3.63) is 29.6 Å². The lowest BCUT2D eigenvalue weighted by Gasteiger charge is -2.35. The summed E-state index contributed by atoms with van der Waals surface area (Å²) in [6.45, 7) is 10.8. The highest BCUT2D eigenvalue weighted by atomic mass is 19.4. The molecule has 0 bridgehead atoms. The van der Waals surface area contributed by atoms with Gasteiger partial charge in [0.25, 0.3) is 0 Å². The van der Waals surface area contributed by atoms with Crippen molar-refractivity contribution in [1.29, 1.82) is 0 Å². The molecule has 0 radical (unpaired) electrons. The molecule has 0 spiro atoms. The third kappa shape index (κ3) is 6.31. The van der Waals surface area contributed by atoms with Gasteiger partial charge in [-0.1, -0.05) is 6.92 Å². The molecule has 2 N–H and O–H groups in total. The molecule has 2 aromatic heterocycles. The van der Waals surface area contributed by atoms with Crippen molar-refractivity contribution in [2.75, 3.05) is 29.9 Å². The summed E-state index contributed by atoms with van der Waals surface area (Å²) in [6, 6.07) is 0. The summed E-state index contributed by atoms with van der Waals surface area (Å²) in [5.41, 5.74) is 0.946. The van der Waals surface area contributed by atoms with E-state index in [1.54, 1.807) is 6.20 Å². The largest absolute Gasteiger partial charge is 0.394 e. The average Bonchev–Trinajstić information content (AvgIpc) is 3.13. The summed E-state index contributed by atoms with van der Waals surface area (Å²) in [6.07, 6.45) is -0.367. The number of hydrogen-bond donors (Lipinski definition) is 2. The van der Waals surface area contributed by atoms with Crippen molar-refractivity contribution in [2.45, 2.75) is 83.5 Å². The van der Waals surface area contributed by atoms with Crippen LogP contribution in [0.1, 0.15) is 75.9 Å². The van der Waals surface area contributed by atoms with Crippen LogP contribution in [0.25, 0.3) is 0 Å². The first-order valence-electron chi connectivity index (χ1n) is 12.2. The van der Waals surface area contributed by atoms with Crippen molar-refractivity contribution >= 4 is 17.5 Å². The van der Waals surface area contributed by atoms with Gasteiger partial charge in [-0.25, -0.2) is 15.0 Å². The van der Waals surface area contributed by atoms with E-state index in [4.69, 9.17) is 0 Å². The van der Waals surface area contributed by atoms with E-state index in [1.807, 2.05) is 11.5 Å². The lowest BCUT2D eigenvalue weighted by atomic mass is 9.92. The number of anilines is 2. The summed E-state index contributed by atoms with van der Waals surface area (Å²) >= 11 is 0. The lowest BCUT2D eigenvalue weighted by molar-refractivity contribution is -0.127. The topological polar surface area (TPSA) is 88.0 Å². The number of aromatic nitrogens is 4. The number of fused-ring (bicyclic) bond motifs is 1. The van der Waals surface area contributed by atoms with Crippen LogP contribution in [0.2, 0.25) is 0 Å². The van der Waals surface area contributed by atoms with E-state index in [-0.39, 0.29) is 29.0 Å². The number of nitrogens with zero attached hydrogens (tertiary/aromatic N) is 5. The number of piperidine rings is 1. The van der Waals surface area contributed by atoms with Crippen molar-refractivity contribution in [2.24, 2.45) is 0 Å². The Morgan fingerprint density at radius 2 is 1.89 bits per heavy atom. The van der Waals surface area contributed by atoms with Crippen molar-refractivity contribution in [1.82, 2.24) is 24.8 Å². The van der Waals surface area contributed by atoms with Gasteiger partial charge in [-0.3, -0.25) is 4.79 Å². The van der Waals surface area contributed by atoms with E-state index in [9.17, 15) is 18.0 Å².